The fraction of sp³-hybridized carbons (Fsp3) is 0.533. The molecule has 1 atom stereocenters. The number of rotatable bonds is 2. The smallest absolute Gasteiger partial charge is 0.260 e. The fourth-order valence-corrected chi connectivity index (χ4v) is 2.59. The molecule has 4 nitrogen and oxygen atoms in total. The SMILES string of the molecule is COc1cccc(F)c1C(=O)N1CCC(N)C(C)(C)C1. The highest BCUT2D eigenvalue weighted by Crippen LogP contribution is 2.30. The van der Waals surface area contributed by atoms with Crippen LogP contribution in [-0.4, -0.2) is 37.0 Å². The molecule has 1 unspecified atom stereocenters. The van der Waals surface area contributed by atoms with Crippen molar-refractivity contribution in [2.45, 2.75) is 26.3 Å². The van der Waals surface area contributed by atoms with E-state index < -0.39 is 5.82 Å². The second kappa shape index (κ2) is 5.40. The molecule has 0 saturated carbocycles. The van der Waals surface area contributed by atoms with E-state index in [1.165, 1.54) is 19.2 Å². The number of hydrogen-bond acceptors (Lipinski definition) is 3. The van der Waals surface area contributed by atoms with Gasteiger partial charge in [-0.1, -0.05) is 19.9 Å². The lowest BCUT2D eigenvalue weighted by atomic mass is 9.79. The van der Waals surface area contributed by atoms with Crippen molar-refractivity contribution in [2.24, 2.45) is 11.1 Å². The van der Waals surface area contributed by atoms with Gasteiger partial charge in [0, 0.05) is 19.1 Å². The number of carbonyl (C=O) groups is 1. The van der Waals surface area contributed by atoms with Crippen LogP contribution < -0.4 is 10.5 Å². The quantitative estimate of drug-likeness (QED) is 0.902. The van der Waals surface area contributed by atoms with Crippen LogP contribution in [0.3, 0.4) is 0 Å². The minimum Gasteiger partial charge on any atom is -0.496 e. The van der Waals surface area contributed by atoms with E-state index in [2.05, 4.69) is 0 Å². The zero-order valence-electron chi connectivity index (χ0n) is 12.1. The molecule has 110 valence electrons. The van der Waals surface area contributed by atoms with E-state index in [1.54, 1.807) is 11.0 Å². The summed E-state index contributed by atoms with van der Waals surface area (Å²) in [5.41, 5.74) is 5.89. The number of methoxy groups -OCH3 is 1. The predicted octanol–water partition coefficient (Wildman–Crippen LogP) is 2.03. The molecule has 1 fully saturated rings. The van der Waals surface area contributed by atoms with Crippen molar-refractivity contribution in [3.8, 4) is 5.75 Å². The Labute approximate surface area is 118 Å². The van der Waals surface area contributed by atoms with Gasteiger partial charge in [0.15, 0.2) is 0 Å². The van der Waals surface area contributed by atoms with E-state index in [0.29, 0.717) is 13.1 Å². The van der Waals surface area contributed by atoms with Gasteiger partial charge in [0.25, 0.3) is 5.91 Å². The minimum atomic E-state index is -0.554. The maximum absolute atomic E-state index is 14.0. The van der Waals surface area contributed by atoms with E-state index in [9.17, 15) is 9.18 Å². The highest BCUT2D eigenvalue weighted by atomic mass is 19.1. The molecule has 2 rings (SSSR count). The number of likely N-dealkylation sites (tertiary alicyclic amines) is 1. The molecular weight excluding hydrogens is 259 g/mol. The average molecular weight is 280 g/mol. The number of benzene rings is 1. The molecular formula is C15H21FN2O2. The molecule has 1 aromatic carbocycles. The maximum atomic E-state index is 14.0. The van der Waals surface area contributed by atoms with Crippen molar-refractivity contribution < 1.29 is 13.9 Å². The number of piperidine rings is 1. The van der Waals surface area contributed by atoms with Crippen LogP contribution in [0.2, 0.25) is 0 Å². The summed E-state index contributed by atoms with van der Waals surface area (Å²) in [4.78, 5) is 14.2. The van der Waals surface area contributed by atoms with Crippen molar-refractivity contribution in [1.29, 1.82) is 0 Å². The molecule has 0 bridgehead atoms. The highest BCUT2D eigenvalue weighted by molar-refractivity contribution is 5.97. The molecule has 20 heavy (non-hydrogen) atoms. The van der Waals surface area contributed by atoms with Crippen LogP contribution in [-0.2, 0) is 0 Å². The Kier molecular flexibility index (Phi) is 3.99. The van der Waals surface area contributed by atoms with E-state index in [4.69, 9.17) is 10.5 Å². The number of ether oxygens (including phenoxy) is 1. The second-order valence-electron chi connectivity index (χ2n) is 5.93. The summed E-state index contributed by atoms with van der Waals surface area (Å²) in [5, 5.41) is 0. The summed E-state index contributed by atoms with van der Waals surface area (Å²) >= 11 is 0. The van der Waals surface area contributed by atoms with E-state index >= 15 is 0 Å². The molecule has 2 N–H and O–H groups in total. The van der Waals surface area contributed by atoms with Gasteiger partial charge in [0.05, 0.1) is 7.11 Å². The molecule has 0 aromatic heterocycles. The van der Waals surface area contributed by atoms with Crippen LogP contribution in [0.1, 0.15) is 30.6 Å². The standard InChI is InChI=1S/C15H21FN2O2/c1-15(2)9-18(8-7-12(15)17)14(19)13-10(16)5-4-6-11(13)20-3/h4-6,12H,7-9,17H2,1-3H3. The van der Waals surface area contributed by atoms with Crippen LogP contribution in [0.4, 0.5) is 4.39 Å². The monoisotopic (exact) mass is 280 g/mol. The Hall–Kier alpha value is -1.62. The first kappa shape index (κ1) is 14.8. The lowest BCUT2D eigenvalue weighted by Gasteiger charge is -2.42. The molecule has 0 radical (unpaired) electrons. The lowest BCUT2D eigenvalue weighted by Crippen LogP contribution is -2.54. The largest absolute Gasteiger partial charge is 0.496 e. The highest BCUT2D eigenvalue weighted by Gasteiger charge is 2.36. The Balaban J connectivity index is 2.29. The van der Waals surface area contributed by atoms with Gasteiger partial charge in [0.1, 0.15) is 17.1 Å². The lowest BCUT2D eigenvalue weighted by molar-refractivity contribution is 0.0525. The predicted molar refractivity (Wildman–Crippen MR) is 75.2 cm³/mol. The van der Waals surface area contributed by atoms with Gasteiger partial charge in [-0.05, 0) is 24.0 Å². The van der Waals surface area contributed by atoms with Gasteiger partial charge >= 0.3 is 0 Å². The number of hydrogen-bond donors (Lipinski definition) is 1. The van der Waals surface area contributed by atoms with E-state index in [0.717, 1.165) is 6.42 Å². The normalized spacial score (nSPS) is 21.6. The zero-order chi connectivity index (χ0) is 14.9. The molecule has 1 amide bonds. The summed E-state index contributed by atoms with van der Waals surface area (Å²) in [6, 6.07) is 4.45. The van der Waals surface area contributed by atoms with Gasteiger partial charge in [-0.25, -0.2) is 4.39 Å². The summed E-state index contributed by atoms with van der Waals surface area (Å²) in [5.74, 6) is -0.621. The third-order valence-corrected chi connectivity index (χ3v) is 4.01. The molecule has 0 aliphatic carbocycles. The van der Waals surface area contributed by atoms with Crippen LogP contribution in [0.25, 0.3) is 0 Å². The summed E-state index contributed by atoms with van der Waals surface area (Å²) < 4.78 is 19.1. The zero-order valence-corrected chi connectivity index (χ0v) is 12.1. The van der Waals surface area contributed by atoms with Crippen LogP contribution in [0.15, 0.2) is 18.2 Å². The topological polar surface area (TPSA) is 55.6 Å². The third-order valence-electron chi connectivity index (χ3n) is 4.01. The minimum absolute atomic E-state index is 0.00118. The Morgan fingerprint density at radius 2 is 2.20 bits per heavy atom. The third kappa shape index (κ3) is 2.63. The molecule has 1 saturated heterocycles. The molecule has 0 spiro atoms. The first-order valence-corrected chi connectivity index (χ1v) is 6.74. The van der Waals surface area contributed by atoms with Crippen molar-refractivity contribution in [1.82, 2.24) is 4.90 Å². The Bertz CT molecular complexity index is 517. The first-order valence-electron chi connectivity index (χ1n) is 6.74. The fourth-order valence-electron chi connectivity index (χ4n) is 2.59. The number of carbonyl (C=O) groups excluding carboxylic acids is 1. The summed E-state index contributed by atoms with van der Waals surface area (Å²) in [6.45, 7) is 5.11. The van der Waals surface area contributed by atoms with Crippen LogP contribution >= 0.6 is 0 Å². The Morgan fingerprint density at radius 1 is 1.50 bits per heavy atom. The van der Waals surface area contributed by atoms with Gasteiger partial charge in [-0.2, -0.15) is 0 Å². The number of nitrogens with two attached hydrogens (primary N) is 1. The molecule has 1 heterocycles. The van der Waals surface area contributed by atoms with E-state index in [-0.39, 0.29) is 28.7 Å². The van der Waals surface area contributed by atoms with Gasteiger partial charge in [-0.3, -0.25) is 4.79 Å². The molecule has 1 aliphatic rings. The van der Waals surface area contributed by atoms with Gasteiger partial charge in [0.2, 0.25) is 0 Å². The van der Waals surface area contributed by atoms with Crippen LogP contribution in [0.5, 0.6) is 5.75 Å². The van der Waals surface area contributed by atoms with Gasteiger partial charge in [-0.15, -0.1) is 0 Å². The number of nitrogens with zero attached hydrogens (tertiary/aromatic N) is 1. The number of halogens is 1. The van der Waals surface area contributed by atoms with Gasteiger partial charge < -0.3 is 15.4 Å². The van der Waals surface area contributed by atoms with Crippen molar-refractivity contribution in [2.75, 3.05) is 20.2 Å². The first-order chi connectivity index (χ1) is 9.36. The molecule has 5 heteroatoms. The Morgan fingerprint density at radius 3 is 2.80 bits per heavy atom. The van der Waals surface area contributed by atoms with E-state index in [1.807, 2.05) is 13.8 Å². The number of amides is 1. The van der Waals surface area contributed by atoms with Crippen molar-refractivity contribution in [3.63, 3.8) is 0 Å². The second-order valence-corrected chi connectivity index (χ2v) is 5.93. The summed E-state index contributed by atoms with van der Waals surface area (Å²) in [7, 11) is 1.43. The molecule has 1 aliphatic heterocycles. The molecule has 1 aromatic rings. The van der Waals surface area contributed by atoms with Crippen LogP contribution in [0, 0.1) is 11.2 Å². The average Bonchev–Trinajstić information content (AvgIpc) is 2.40. The summed E-state index contributed by atoms with van der Waals surface area (Å²) in [6.07, 6.45) is 0.718. The van der Waals surface area contributed by atoms with Crippen molar-refractivity contribution in [3.05, 3.63) is 29.6 Å². The maximum Gasteiger partial charge on any atom is 0.260 e. The van der Waals surface area contributed by atoms with Crippen molar-refractivity contribution >= 4 is 5.91 Å².